The van der Waals surface area contributed by atoms with Gasteiger partial charge in [-0.25, -0.2) is 0 Å². The molecule has 1 N–H and O–H groups in total. The van der Waals surface area contributed by atoms with Gasteiger partial charge in [-0.05, 0) is 33.3 Å². The lowest BCUT2D eigenvalue weighted by Gasteiger charge is -2.24. The van der Waals surface area contributed by atoms with Crippen molar-refractivity contribution in [2.24, 2.45) is 0 Å². The van der Waals surface area contributed by atoms with Crippen molar-refractivity contribution in [3.05, 3.63) is 18.0 Å². The molecule has 84 valence electrons. The van der Waals surface area contributed by atoms with Gasteiger partial charge in [0.05, 0.1) is 5.69 Å². The number of carbonyl (C=O) groups excluding carboxylic acids is 1. The van der Waals surface area contributed by atoms with Crippen LogP contribution in [0.25, 0.3) is 0 Å². The summed E-state index contributed by atoms with van der Waals surface area (Å²) < 4.78 is 1.65. The van der Waals surface area contributed by atoms with Gasteiger partial charge in [-0.15, -0.1) is 0 Å². The van der Waals surface area contributed by atoms with Crippen LogP contribution in [-0.2, 0) is 11.3 Å². The van der Waals surface area contributed by atoms with Crippen molar-refractivity contribution in [2.45, 2.75) is 46.2 Å². The van der Waals surface area contributed by atoms with Gasteiger partial charge in [0.1, 0.15) is 6.54 Å². The Kier molecular flexibility index (Phi) is 3.50. The molecule has 0 saturated carbocycles. The van der Waals surface area contributed by atoms with Crippen LogP contribution < -0.4 is 5.32 Å². The first-order chi connectivity index (χ1) is 6.93. The minimum absolute atomic E-state index is 0.00458. The zero-order chi connectivity index (χ0) is 11.5. The van der Waals surface area contributed by atoms with E-state index in [4.69, 9.17) is 0 Å². The zero-order valence-electron chi connectivity index (χ0n) is 9.87. The van der Waals surface area contributed by atoms with E-state index in [0.717, 1.165) is 12.1 Å². The monoisotopic (exact) mass is 209 g/mol. The van der Waals surface area contributed by atoms with E-state index in [9.17, 15) is 4.79 Å². The Balaban J connectivity index is 2.50. The lowest BCUT2D eigenvalue weighted by Crippen LogP contribution is -2.44. The average Bonchev–Trinajstić information content (AvgIpc) is 2.50. The van der Waals surface area contributed by atoms with Crippen molar-refractivity contribution in [3.63, 3.8) is 0 Å². The van der Waals surface area contributed by atoms with Crippen LogP contribution in [0.2, 0.25) is 0 Å². The number of nitrogens with one attached hydrogen (secondary N) is 1. The van der Waals surface area contributed by atoms with Crippen LogP contribution >= 0.6 is 0 Å². The Hall–Kier alpha value is -1.32. The topological polar surface area (TPSA) is 46.9 Å². The van der Waals surface area contributed by atoms with Gasteiger partial charge in [0.2, 0.25) is 5.91 Å². The molecule has 0 spiro atoms. The quantitative estimate of drug-likeness (QED) is 0.816. The van der Waals surface area contributed by atoms with Crippen LogP contribution in [0.1, 0.15) is 32.9 Å². The van der Waals surface area contributed by atoms with Gasteiger partial charge in [-0.3, -0.25) is 9.48 Å². The molecular formula is C11H19N3O. The third-order valence-electron chi connectivity index (χ3n) is 2.44. The molecule has 15 heavy (non-hydrogen) atoms. The second-order valence-corrected chi connectivity index (χ2v) is 4.44. The number of amides is 1. The highest BCUT2D eigenvalue weighted by Crippen LogP contribution is 2.06. The van der Waals surface area contributed by atoms with Gasteiger partial charge >= 0.3 is 0 Å². The number of carbonyl (C=O) groups is 1. The van der Waals surface area contributed by atoms with E-state index in [-0.39, 0.29) is 18.0 Å². The first-order valence-electron chi connectivity index (χ1n) is 5.24. The molecule has 0 unspecified atom stereocenters. The molecule has 0 aliphatic heterocycles. The predicted octanol–water partition coefficient (Wildman–Crippen LogP) is 1.50. The molecule has 1 aromatic rings. The number of nitrogens with zero attached hydrogens (tertiary/aromatic N) is 2. The van der Waals surface area contributed by atoms with Gasteiger partial charge in [-0.1, -0.05) is 6.92 Å². The number of hydrogen-bond acceptors (Lipinski definition) is 2. The van der Waals surface area contributed by atoms with Crippen molar-refractivity contribution >= 4 is 5.91 Å². The molecular weight excluding hydrogens is 190 g/mol. The molecule has 0 atom stereocenters. The summed E-state index contributed by atoms with van der Waals surface area (Å²) in [5.41, 5.74) is 0.789. The third-order valence-corrected chi connectivity index (χ3v) is 2.44. The molecule has 0 aliphatic rings. The van der Waals surface area contributed by atoms with Crippen LogP contribution in [0, 0.1) is 6.92 Å². The fourth-order valence-corrected chi connectivity index (χ4v) is 1.20. The SMILES string of the molecule is CCC(C)(C)NC(=O)Cn1ccc(C)n1. The maximum atomic E-state index is 11.6. The molecule has 0 bridgehead atoms. The number of aryl methyl sites for hydroxylation is 1. The summed E-state index contributed by atoms with van der Waals surface area (Å²) in [6.45, 7) is 8.28. The van der Waals surface area contributed by atoms with Crippen LogP contribution in [0.15, 0.2) is 12.3 Å². The van der Waals surface area contributed by atoms with Crippen molar-refractivity contribution in [3.8, 4) is 0 Å². The van der Waals surface area contributed by atoms with Crippen molar-refractivity contribution < 1.29 is 4.79 Å². The third kappa shape index (κ3) is 3.73. The molecule has 1 amide bonds. The Labute approximate surface area is 90.7 Å². The Morgan fingerprint density at radius 1 is 1.60 bits per heavy atom. The zero-order valence-corrected chi connectivity index (χ0v) is 9.87. The largest absolute Gasteiger partial charge is 0.350 e. The van der Waals surface area contributed by atoms with E-state index < -0.39 is 0 Å². The van der Waals surface area contributed by atoms with E-state index in [1.54, 1.807) is 4.68 Å². The average molecular weight is 209 g/mol. The minimum Gasteiger partial charge on any atom is -0.350 e. The molecule has 0 aromatic carbocycles. The van der Waals surface area contributed by atoms with Gasteiger partial charge in [-0.2, -0.15) is 5.10 Å². The second-order valence-electron chi connectivity index (χ2n) is 4.44. The molecule has 4 nitrogen and oxygen atoms in total. The number of aromatic nitrogens is 2. The fraction of sp³-hybridized carbons (Fsp3) is 0.636. The highest BCUT2D eigenvalue weighted by Gasteiger charge is 2.17. The molecule has 1 aromatic heterocycles. The fourth-order valence-electron chi connectivity index (χ4n) is 1.20. The van der Waals surface area contributed by atoms with Gasteiger partial charge in [0, 0.05) is 11.7 Å². The Bertz CT molecular complexity index is 341. The number of hydrogen-bond donors (Lipinski definition) is 1. The first-order valence-corrected chi connectivity index (χ1v) is 5.24. The van der Waals surface area contributed by atoms with E-state index >= 15 is 0 Å². The van der Waals surface area contributed by atoms with Crippen molar-refractivity contribution in [2.75, 3.05) is 0 Å². The summed E-state index contributed by atoms with van der Waals surface area (Å²) in [6.07, 6.45) is 2.73. The molecule has 1 rings (SSSR count). The molecule has 0 fully saturated rings. The number of rotatable bonds is 4. The van der Waals surface area contributed by atoms with E-state index in [1.807, 2.05) is 33.0 Å². The second kappa shape index (κ2) is 4.47. The summed E-state index contributed by atoms with van der Waals surface area (Å²) >= 11 is 0. The summed E-state index contributed by atoms with van der Waals surface area (Å²) in [7, 11) is 0. The van der Waals surface area contributed by atoms with Crippen LogP contribution in [0.5, 0.6) is 0 Å². The minimum atomic E-state index is -0.140. The van der Waals surface area contributed by atoms with Crippen LogP contribution in [-0.4, -0.2) is 21.2 Å². The smallest absolute Gasteiger partial charge is 0.242 e. The van der Waals surface area contributed by atoms with Crippen LogP contribution in [0.4, 0.5) is 0 Å². The van der Waals surface area contributed by atoms with E-state index in [1.165, 1.54) is 0 Å². The van der Waals surface area contributed by atoms with Gasteiger partial charge in [0.15, 0.2) is 0 Å². The highest BCUT2D eigenvalue weighted by atomic mass is 16.2. The lowest BCUT2D eigenvalue weighted by molar-refractivity contribution is -0.123. The van der Waals surface area contributed by atoms with Crippen LogP contribution in [0.3, 0.4) is 0 Å². The molecule has 0 aliphatic carbocycles. The summed E-state index contributed by atoms with van der Waals surface area (Å²) in [5.74, 6) is 0.00458. The lowest BCUT2D eigenvalue weighted by atomic mass is 10.0. The highest BCUT2D eigenvalue weighted by molar-refractivity contribution is 5.76. The molecule has 0 radical (unpaired) electrons. The standard InChI is InChI=1S/C11H19N3O/c1-5-11(3,4)12-10(15)8-14-7-6-9(2)13-14/h6-7H,5,8H2,1-4H3,(H,12,15). The first kappa shape index (κ1) is 11.8. The molecule has 1 heterocycles. The molecule has 4 heteroatoms. The van der Waals surface area contributed by atoms with Crippen molar-refractivity contribution in [1.82, 2.24) is 15.1 Å². The summed E-state index contributed by atoms with van der Waals surface area (Å²) in [6, 6.07) is 1.89. The maximum Gasteiger partial charge on any atom is 0.242 e. The van der Waals surface area contributed by atoms with E-state index in [2.05, 4.69) is 17.3 Å². The Morgan fingerprint density at radius 3 is 2.73 bits per heavy atom. The van der Waals surface area contributed by atoms with Crippen molar-refractivity contribution in [1.29, 1.82) is 0 Å². The maximum absolute atomic E-state index is 11.6. The molecule has 0 saturated heterocycles. The summed E-state index contributed by atoms with van der Waals surface area (Å²) in [5, 5.41) is 7.13. The van der Waals surface area contributed by atoms with E-state index in [0.29, 0.717) is 0 Å². The Morgan fingerprint density at radius 2 is 2.27 bits per heavy atom. The van der Waals surface area contributed by atoms with Gasteiger partial charge < -0.3 is 5.32 Å². The summed E-state index contributed by atoms with van der Waals surface area (Å²) in [4.78, 5) is 11.6. The predicted molar refractivity (Wildman–Crippen MR) is 59.5 cm³/mol. The normalized spacial score (nSPS) is 11.5. The van der Waals surface area contributed by atoms with Gasteiger partial charge in [0.25, 0.3) is 0 Å².